The van der Waals surface area contributed by atoms with E-state index < -0.39 is 0 Å². The molecule has 1 unspecified atom stereocenters. The van der Waals surface area contributed by atoms with Crippen LogP contribution in [0, 0.1) is 12.7 Å². The highest BCUT2D eigenvalue weighted by Gasteiger charge is 2.28. The van der Waals surface area contributed by atoms with Gasteiger partial charge in [-0.3, -0.25) is 4.79 Å². The third-order valence-corrected chi connectivity index (χ3v) is 7.82. The Morgan fingerprint density at radius 1 is 0.950 bits per heavy atom. The van der Waals surface area contributed by atoms with Gasteiger partial charge in [0.25, 0.3) is 5.91 Å². The van der Waals surface area contributed by atoms with Gasteiger partial charge in [-0.1, -0.05) is 56.7 Å². The topological polar surface area (TPSA) is 67.2 Å². The lowest BCUT2D eigenvalue weighted by atomic mass is 10.0. The molecule has 1 aliphatic heterocycles. The quantitative estimate of drug-likeness (QED) is 0.255. The third kappa shape index (κ3) is 4.68. The molecule has 0 radical (unpaired) electrons. The van der Waals surface area contributed by atoms with E-state index in [1.165, 1.54) is 12.1 Å². The Balaban J connectivity index is 1.34. The lowest BCUT2D eigenvalue weighted by Crippen LogP contribution is -2.49. The fraction of sp³-hybridized carbons (Fsp3) is 0.312. The summed E-state index contributed by atoms with van der Waals surface area (Å²) in [5, 5.41) is 7.75. The van der Waals surface area contributed by atoms with Crippen molar-refractivity contribution in [3.63, 3.8) is 0 Å². The van der Waals surface area contributed by atoms with Crippen molar-refractivity contribution in [3.05, 3.63) is 89.6 Å². The van der Waals surface area contributed by atoms with Crippen LogP contribution in [0.25, 0.3) is 27.5 Å². The fourth-order valence-electron chi connectivity index (χ4n) is 5.66. The van der Waals surface area contributed by atoms with Crippen LogP contribution in [0.3, 0.4) is 0 Å². The van der Waals surface area contributed by atoms with Crippen LogP contribution in [0.5, 0.6) is 0 Å². The van der Waals surface area contributed by atoms with Gasteiger partial charge in [0.05, 0.1) is 16.8 Å². The van der Waals surface area contributed by atoms with E-state index in [0.717, 1.165) is 63.2 Å². The summed E-state index contributed by atoms with van der Waals surface area (Å²) < 4.78 is 15.5. The lowest BCUT2D eigenvalue weighted by Gasteiger charge is -2.36. The maximum absolute atomic E-state index is 13.7. The van der Waals surface area contributed by atoms with Gasteiger partial charge >= 0.3 is 0 Å². The normalized spacial score (nSPS) is 14.7. The van der Waals surface area contributed by atoms with Crippen LogP contribution in [-0.4, -0.2) is 56.7 Å². The Morgan fingerprint density at radius 2 is 1.68 bits per heavy atom. The van der Waals surface area contributed by atoms with Crippen LogP contribution < -0.4 is 4.90 Å². The monoisotopic (exact) mass is 536 g/mol. The number of halogens is 1. The number of hydrogen-bond donors (Lipinski definition) is 0. The molecule has 3 heterocycles. The van der Waals surface area contributed by atoms with Crippen molar-refractivity contribution in [1.82, 2.24) is 24.6 Å². The highest BCUT2D eigenvalue weighted by Crippen LogP contribution is 2.32. The number of carbonyl (C=O) groups excluding carboxylic acids is 1. The van der Waals surface area contributed by atoms with E-state index in [0.29, 0.717) is 26.2 Å². The van der Waals surface area contributed by atoms with Crippen molar-refractivity contribution in [3.8, 4) is 5.69 Å². The Kier molecular flexibility index (Phi) is 6.92. The number of nitrogens with zero attached hydrogens (tertiary/aromatic N) is 6. The zero-order valence-corrected chi connectivity index (χ0v) is 23.1. The summed E-state index contributed by atoms with van der Waals surface area (Å²) in [6.45, 7) is 8.79. The highest BCUT2D eigenvalue weighted by molar-refractivity contribution is 6.07. The number of aromatic nitrogens is 4. The van der Waals surface area contributed by atoms with Crippen molar-refractivity contribution in [2.45, 2.75) is 39.5 Å². The van der Waals surface area contributed by atoms with Gasteiger partial charge in [-0.05, 0) is 54.4 Å². The molecule has 0 N–H and O–H groups in total. The largest absolute Gasteiger partial charge is 0.352 e. The van der Waals surface area contributed by atoms with Gasteiger partial charge in [-0.15, -0.1) is 0 Å². The van der Waals surface area contributed by atoms with Gasteiger partial charge in [0.2, 0.25) is 0 Å². The predicted octanol–water partition coefficient (Wildman–Crippen LogP) is 6.28. The summed E-state index contributed by atoms with van der Waals surface area (Å²) in [5.41, 5.74) is 3.03. The summed E-state index contributed by atoms with van der Waals surface area (Å²) in [7, 11) is 0. The second-order valence-corrected chi connectivity index (χ2v) is 10.6. The summed E-state index contributed by atoms with van der Waals surface area (Å²) in [5.74, 6) is 1.58. The van der Waals surface area contributed by atoms with Gasteiger partial charge in [-0.2, -0.15) is 5.10 Å². The van der Waals surface area contributed by atoms with Crippen LogP contribution in [-0.2, 0) is 0 Å². The molecule has 0 saturated carbocycles. The molecule has 5 aromatic rings. The molecule has 0 spiro atoms. The molecule has 8 heteroatoms. The molecule has 204 valence electrons. The smallest absolute Gasteiger partial charge is 0.254 e. The number of piperazine rings is 1. The van der Waals surface area contributed by atoms with Crippen molar-refractivity contribution in [1.29, 1.82) is 0 Å². The van der Waals surface area contributed by atoms with E-state index in [4.69, 9.17) is 15.1 Å². The minimum atomic E-state index is -0.291. The number of fused-ring (bicyclic) bond motifs is 2. The molecule has 3 aromatic carbocycles. The summed E-state index contributed by atoms with van der Waals surface area (Å²) in [6.07, 6.45) is 2.00. The van der Waals surface area contributed by atoms with E-state index in [9.17, 15) is 9.18 Å². The molecule has 2 aromatic heterocycles. The molecular formula is C32H33FN6O. The summed E-state index contributed by atoms with van der Waals surface area (Å²) in [6, 6.07) is 20.2. The van der Waals surface area contributed by atoms with E-state index in [1.807, 2.05) is 54.3 Å². The molecular weight excluding hydrogens is 503 g/mol. The molecule has 0 bridgehead atoms. The van der Waals surface area contributed by atoms with E-state index >= 15 is 0 Å². The van der Waals surface area contributed by atoms with Crippen LogP contribution >= 0.6 is 0 Å². The van der Waals surface area contributed by atoms with Gasteiger partial charge in [0.1, 0.15) is 17.5 Å². The van der Waals surface area contributed by atoms with Gasteiger partial charge in [-0.25, -0.2) is 19.0 Å². The van der Waals surface area contributed by atoms with E-state index in [2.05, 4.69) is 18.7 Å². The molecule has 0 aliphatic carbocycles. The number of aryl methyl sites for hydroxylation is 1. The zero-order chi connectivity index (χ0) is 27.8. The average molecular weight is 537 g/mol. The Morgan fingerprint density at radius 3 is 2.42 bits per heavy atom. The minimum absolute atomic E-state index is 0.0573. The fourth-order valence-corrected chi connectivity index (χ4v) is 5.66. The summed E-state index contributed by atoms with van der Waals surface area (Å²) >= 11 is 0. The molecule has 1 atom stereocenters. The van der Waals surface area contributed by atoms with Crippen molar-refractivity contribution < 1.29 is 9.18 Å². The lowest BCUT2D eigenvalue weighted by molar-refractivity contribution is 0.0748. The molecule has 1 saturated heterocycles. The van der Waals surface area contributed by atoms with Crippen LogP contribution in [0.4, 0.5) is 10.2 Å². The molecule has 1 fully saturated rings. The first-order valence-corrected chi connectivity index (χ1v) is 14.0. The number of benzene rings is 3. The molecule has 40 heavy (non-hydrogen) atoms. The Hall–Kier alpha value is -4.33. The van der Waals surface area contributed by atoms with Crippen LogP contribution in [0.1, 0.15) is 54.5 Å². The van der Waals surface area contributed by atoms with Gasteiger partial charge in [0, 0.05) is 37.7 Å². The number of anilines is 1. The number of carbonyl (C=O) groups is 1. The molecule has 1 aliphatic rings. The van der Waals surface area contributed by atoms with Crippen LogP contribution in [0.2, 0.25) is 0 Å². The molecule has 6 rings (SSSR count). The second-order valence-electron chi connectivity index (χ2n) is 10.6. The zero-order valence-electron chi connectivity index (χ0n) is 23.1. The maximum Gasteiger partial charge on any atom is 0.254 e. The first-order chi connectivity index (χ1) is 19.4. The maximum atomic E-state index is 13.7. The SMILES string of the molecule is CCCC(C)c1nc(N2CCN(C(=O)c3cccc4ccccc34)CC2)c2c(C)nn(-c3ccc(F)cc3)c2n1. The van der Waals surface area contributed by atoms with Crippen molar-refractivity contribution in [2.24, 2.45) is 0 Å². The first kappa shape index (κ1) is 25.9. The van der Waals surface area contributed by atoms with Gasteiger partial charge < -0.3 is 9.80 Å². The minimum Gasteiger partial charge on any atom is -0.352 e. The van der Waals surface area contributed by atoms with E-state index in [1.54, 1.807) is 16.8 Å². The predicted molar refractivity (Wildman–Crippen MR) is 157 cm³/mol. The highest BCUT2D eigenvalue weighted by atomic mass is 19.1. The third-order valence-electron chi connectivity index (χ3n) is 7.82. The standard InChI is InChI=1S/C32H33FN6O/c1-4-8-21(2)29-34-30(28-22(3)36-39(31(28)35-29)25-15-13-24(33)14-16-25)37-17-19-38(20-18-37)32(40)27-12-7-10-23-9-5-6-11-26(23)27/h5-7,9-16,21H,4,8,17-20H2,1-3H3. The average Bonchev–Trinajstić information content (AvgIpc) is 3.32. The number of rotatable bonds is 6. The number of hydrogen-bond acceptors (Lipinski definition) is 5. The molecule has 7 nitrogen and oxygen atoms in total. The van der Waals surface area contributed by atoms with Crippen molar-refractivity contribution in [2.75, 3.05) is 31.1 Å². The number of amides is 1. The van der Waals surface area contributed by atoms with Gasteiger partial charge in [0.15, 0.2) is 5.65 Å². The van der Waals surface area contributed by atoms with Crippen LogP contribution in [0.15, 0.2) is 66.7 Å². The van der Waals surface area contributed by atoms with E-state index in [-0.39, 0.29) is 17.6 Å². The first-order valence-electron chi connectivity index (χ1n) is 14.0. The molecule has 1 amide bonds. The Bertz CT molecular complexity index is 1680. The Labute approximate surface area is 233 Å². The second kappa shape index (κ2) is 10.7. The summed E-state index contributed by atoms with van der Waals surface area (Å²) in [4.78, 5) is 27.8. The van der Waals surface area contributed by atoms with Crippen molar-refractivity contribution >= 4 is 33.5 Å².